The van der Waals surface area contributed by atoms with Crippen LogP contribution in [0, 0.1) is 5.92 Å². The molecule has 3 N–H and O–H groups in total. The molecule has 1 heterocycles. The van der Waals surface area contributed by atoms with Gasteiger partial charge in [0, 0.05) is 35.3 Å². The molecule has 2 aromatic carbocycles. The second-order valence-electron chi connectivity index (χ2n) is 8.79. The van der Waals surface area contributed by atoms with E-state index in [1.165, 1.54) is 0 Å². The fourth-order valence-corrected chi connectivity index (χ4v) is 3.72. The van der Waals surface area contributed by atoms with E-state index < -0.39 is 0 Å². The lowest BCUT2D eigenvalue weighted by molar-refractivity contribution is -0.119. The Balaban J connectivity index is 1.52. The van der Waals surface area contributed by atoms with Crippen molar-refractivity contribution >= 4 is 34.9 Å². The molecule has 4 rings (SSSR count). The Bertz CT molecular complexity index is 1090. The van der Waals surface area contributed by atoms with E-state index in [9.17, 15) is 14.4 Å². The van der Waals surface area contributed by atoms with E-state index in [1.807, 2.05) is 50.2 Å². The smallest absolute Gasteiger partial charge is 0.257 e. The fraction of sp³-hybridized carbons (Fsp3) is 0.360. The summed E-state index contributed by atoms with van der Waals surface area (Å²) in [6.45, 7) is 4.44. The minimum Gasteiger partial charge on any atom is -0.355 e. The molecule has 166 valence electrons. The lowest BCUT2D eigenvalue weighted by Gasteiger charge is -2.16. The number of aliphatic imine (C=N–C) groups is 1. The summed E-state index contributed by atoms with van der Waals surface area (Å²) in [6.07, 6.45) is 3.01. The molecule has 0 aromatic heterocycles. The predicted molar refractivity (Wildman–Crippen MR) is 124 cm³/mol. The monoisotopic (exact) mass is 432 g/mol. The zero-order valence-electron chi connectivity index (χ0n) is 18.4. The number of guanidine groups is 1. The summed E-state index contributed by atoms with van der Waals surface area (Å²) in [5.74, 6) is 0.596. The van der Waals surface area contributed by atoms with Gasteiger partial charge in [0.15, 0.2) is 5.78 Å². The molecule has 32 heavy (non-hydrogen) atoms. The van der Waals surface area contributed by atoms with E-state index in [-0.39, 0.29) is 23.6 Å². The first-order valence-electron chi connectivity index (χ1n) is 11.1. The highest BCUT2D eigenvalue weighted by molar-refractivity contribution is 6.10. The third-order valence-corrected chi connectivity index (χ3v) is 5.49. The van der Waals surface area contributed by atoms with Gasteiger partial charge in [-0.3, -0.25) is 30.0 Å². The molecule has 0 atom stereocenters. The van der Waals surface area contributed by atoms with Crippen molar-refractivity contribution < 1.29 is 14.4 Å². The van der Waals surface area contributed by atoms with Gasteiger partial charge in [-0.25, -0.2) is 0 Å². The number of carbonyl (C=O) groups is 3. The molecule has 7 heteroatoms. The Morgan fingerprint density at radius 1 is 1.12 bits per heavy atom. The molecule has 7 nitrogen and oxygen atoms in total. The number of amides is 2. The van der Waals surface area contributed by atoms with Gasteiger partial charge < -0.3 is 5.32 Å². The van der Waals surface area contributed by atoms with E-state index in [0.29, 0.717) is 42.3 Å². The quantitative estimate of drug-likeness (QED) is 0.573. The number of Topliss-reactive ketones (excluding diaryl/α,β-unsaturated/α-hetero) is 1. The molecule has 1 fully saturated rings. The highest BCUT2D eigenvalue weighted by Crippen LogP contribution is 2.44. The highest BCUT2D eigenvalue weighted by atomic mass is 16.2. The summed E-state index contributed by atoms with van der Waals surface area (Å²) in [5.41, 5.74) is 4.06. The molecule has 2 aliphatic rings. The molecule has 0 radical (unpaired) electrons. The van der Waals surface area contributed by atoms with E-state index in [2.05, 4.69) is 20.9 Å². The van der Waals surface area contributed by atoms with E-state index in [0.717, 1.165) is 29.8 Å². The normalized spacial score (nSPS) is 15.7. The van der Waals surface area contributed by atoms with Gasteiger partial charge in [0.25, 0.3) is 5.91 Å². The topological polar surface area (TPSA) is 99.7 Å². The largest absolute Gasteiger partial charge is 0.355 e. The van der Waals surface area contributed by atoms with Crippen LogP contribution in [0.5, 0.6) is 0 Å². The maximum atomic E-state index is 12.7. The second kappa shape index (κ2) is 9.34. The molecular formula is C25H28N4O3. The number of hydrogen-bond acceptors (Lipinski definition) is 5. The number of carbonyl (C=O) groups excluding carboxylic acids is 3. The van der Waals surface area contributed by atoms with Crippen LogP contribution in [-0.2, 0) is 4.79 Å². The average Bonchev–Trinajstić information content (AvgIpc) is 3.59. The molecular weight excluding hydrogens is 404 g/mol. The minimum atomic E-state index is -0.305. The maximum Gasteiger partial charge on any atom is 0.257 e. The Morgan fingerprint density at radius 2 is 1.94 bits per heavy atom. The van der Waals surface area contributed by atoms with Crippen LogP contribution in [0.1, 0.15) is 71.7 Å². The van der Waals surface area contributed by atoms with Crippen molar-refractivity contribution in [3.05, 3.63) is 59.2 Å². The van der Waals surface area contributed by atoms with E-state index in [1.54, 1.807) is 6.07 Å². The number of benzene rings is 2. The van der Waals surface area contributed by atoms with Crippen LogP contribution in [0.15, 0.2) is 47.5 Å². The number of hydrogen-bond donors (Lipinski definition) is 3. The number of ketones is 1. The van der Waals surface area contributed by atoms with Crippen LogP contribution < -0.4 is 16.0 Å². The second-order valence-corrected chi connectivity index (χ2v) is 8.79. The summed E-state index contributed by atoms with van der Waals surface area (Å²) in [4.78, 5) is 40.8. The van der Waals surface area contributed by atoms with Crippen molar-refractivity contribution in [2.24, 2.45) is 10.9 Å². The van der Waals surface area contributed by atoms with Crippen LogP contribution in [0.25, 0.3) is 0 Å². The molecule has 0 bridgehead atoms. The minimum absolute atomic E-state index is 0.135. The zero-order valence-corrected chi connectivity index (χ0v) is 18.4. The third-order valence-electron chi connectivity index (χ3n) is 5.49. The molecule has 1 aliphatic heterocycles. The Kier molecular flexibility index (Phi) is 6.35. The lowest BCUT2D eigenvalue weighted by Crippen LogP contribution is -2.46. The van der Waals surface area contributed by atoms with Gasteiger partial charge in [-0.1, -0.05) is 26.0 Å². The van der Waals surface area contributed by atoms with Gasteiger partial charge in [0.1, 0.15) is 0 Å². The fourth-order valence-electron chi connectivity index (χ4n) is 3.72. The predicted octanol–water partition coefficient (Wildman–Crippen LogP) is 4.14. The van der Waals surface area contributed by atoms with Crippen molar-refractivity contribution in [3.63, 3.8) is 0 Å². The van der Waals surface area contributed by atoms with Crippen LogP contribution >= 0.6 is 0 Å². The van der Waals surface area contributed by atoms with Crippen molar-refractivity contribution in [2.75, 3.05) is 11.9 Å². The van der Waals surface area contributed by atoms with E-state index in [4.69, 9.17) is 0 Å². The van der Waals surface area contributed by atoms with Crippen molar-refractivity contribution in [1.29, 1.82) is 0 Å². The van der Waals surface area contributed by atoms with Crippen molar-refractivity contribution in [3.8, 4) is 0 Å². The number of anilines is 2. The Morgan fingerprint density at radius 3 is 2.66 bits per heavy atom. The first-order chi connectivity index (χ1) is 15.4. The lowest BCUT2D eigenvalue weighted by atomic mass is 10.0. The van der Waals surface area contributed by atoms with Gasteiger partial charge in [-0.05, 0) is 60.6 Å². The number of rotatable bonds is 7. The third kappa shape index (κ3) is 5.41. The van der Waals surface area contributed by atoms with Crippen LogP contribution in [-0.4, -0.2) is 30.1 Å². The summed E-state index contributed by atoms with van der Waals surface area (Å²) in [6, 6.07) is 13.1. The summed E-state index contributed by atoms with van der Waals surface area (Å²) in [7, 11) is 0. The Labute approximate surface area is 187 Å². The molecule has 0 unspecified atom stereocenters. The summed E-state index contributed by atoms with van der Waals surface area (Å²) < 4.78 is 0. The maximum absolute atomic E-state index is 12.7. The zero-order chi connectivity index (χ0) is 22.7. The Hall–Kier alpha value is -3.48. The first kappa shape index (κ1) is 21.7. The average molecular weight is 433 g/mol. The SMILES string of the molecule is CC(C)CC(=O)c1cccc(Nc2ccc(C(=O)NC3=NCCC(=O)N3)cc2C2CC2)c1. The molecule has 1 saturated carbocycles. The molecule has 1 aliphatic carbocycles. The van der Waals surface area contributed by atoms with Gasteiger partial charge in [-0.15, -0.1) is 0 Å². The highest BCUT2D eigenvalue weighted by Gasteiger charge is 2.27. The first-order valence-corrected chi connectivity index (χ1v) is 11.1. The number of nitrogens with one attached hydrogen (secondary N) is 3. The molecule has 0 spiro atoms. The number of nitrogens with zero attached hydrogens (tertiary/aromatic N) is 1. The van der Waals surface area contributed by atoms with Crippen molar-refractivity contribution in [2.45, 2.75) is 45.4 Å². The van der Waals surface area contributed by atoms with Gasteiger partial charge in [0.2, 0.25) is 11.9 Å². The molecule has 0 saturated heterocycles. The summed E-state index contributed by atoms with van der Waals surface area (Å²) >= 11 is 0. The standard InChI is InChI=1S/C25H28N4O3/c1-15(2)12-22(30)17-4-3-5-19(13-17)27-21-9-8-18(14-20(21)16-6-7-16)24(32)29-25-26-11-10-23(31)28-25/h3-5,8-9,13-16,27H,6-7,10-12H2,1-2H3,(H2,26,28,29,31,32). The van der Waals surface area contributed by atoms with Crippen LogP contribution in [0.3, 0.4) is 0 Å². The molecule has 2 amide bonds. The van der Waals surface area contributed by atoms with Crippen LogP contribution in [0.4, 0.5) is 11.4 Å². The summed E-state index contributed by atoms with van der Waals surface area (Å²) in [5, 5.41) is 8.69. The van der Waals surface area contributed by atoms with Crippen molar-refractivity contribution in [1.82, 2.24) is 10.6 Å². The van der Waals surface area contributed by atoms with Gasteiger partial charge >= 0.3 is 0 Å². The molecule has 2 aromatic rings. The van der Waals surface area contributed by atoms with Gasteiger partial charge in [-0.2, -0.15) is 0 Å². The van der Waals surface area contributed by atoms with Crippen LogP contribution in [0.2, 0.25) is 0 Å². The van der Waals surface area contributed by atoms with Gasteiger partial charge in [0.05, 0.1) is 6.54 Å². The van der Waals surface area contributed by atoms with E-state index >= 15 is 0 Å².